The Kier molecular flexibility index (Phi) is 62.5. The number of aliphatic hydroxyl groups is 4. The van der Waals surface area contributed by atoms with Crippen molar-refractivity contribution in [2.24, 2.45) is 5.92 Å². The van der Waals surface area contributed by atoms with Gasteiger partial charge in [0.2, 0.25) is 0 Å². The zero-order valence-corrected chi connectivity index (χ0v) is 54.6. The molecule has 1 aliphatic carbocycles. The van der Waals surface area contributed by atoms with Crippen LogP contribution in [0.3, 0.4) is 0 Å². The SMILES string of the molecule is CC.CC.CC.CC.CC.CC.CCC(O)CN(C)C(C)(C)CC.CCC(O)CN(C)C(C)C(C)Cc1ccccc1.CCC(O)CN(C)C(C)CCc1ccccc1.CCC(O)CN(C)C1CC1c1ccccc1. The van der Waals surface area contributed by atoms with E-state index in [1.54, 1.807) is 0 Å². The number of hydrogen-bond donors (Lipinski definition) is 4. The summed E-state index contributed by atoms with van der Waals surface area (Å²) in [4.78, 5) is 9.03. The number of nitrogens with zero attached hydrogens (tertiary/aromatic N) is 4. The van der Waals surface area contributed by atoms with Gasteiger partial charge in [-0.15, -0.1) is 0 Å². The standard InChI is InChI=1S/C16H27NO.C15H25NO.C14H21NO.C10H23NO.6C2H6/c1-5-16(18)12-17(4)14(3)13(2)11-15-9-7-6-8-10-15;1-4-15(17)12-16(3)13(2)10-11-14-8-6-5-7-9-14;1-3-12(16)10-15(2)14-9-13(14)11-7-5-4-6-8-11;1-6-9(12)8-11(5)10(3,4)7-2;6*1-2/h6-10,13-14,16,18H,5,11-12H2,1-4H3;5-9,13,15,17H,4,10-12H2,1-3H3;4-8,12-14,16H,3,9-10H2,1-2H3;9,12H,6-8H2,1-5H3;6*1-2H3. The molecule has 0 bridgehead atoms. The largest absolute Gasteiger partial charge is 0.392 e. The van der Waals surface area contributed by atoms with Crippen molar-refractivity contribution in [2.45, 2.75) is 264 Å². The van der Waals surface area contributed by atoms with Crippen LogP contribution < -0.4 is 0 Å². The fourth-order valence-corrected chi connectivity index (χ4v) is 7.39. The monoisotopic (exact) mass is 1060 g/mol. The zero-order valence-electron chi connectivity index (χ0n) is 54.6. The van der Waals surface area contributed by atoms with Gasteiger partial charge in [0.05, 0.1) is 24.4 Å². The van der Waals surface area contributed by atoms with Crippen molar-refractivity contribution in [3.05, 3.63) is 108 Å². The third-order valence-electron chi connectivity index (χ3n) is 13.7. The molecule has 4 N–H and O–H groups in total. The van der Waals surface area contributed by atoms with Gasteiger partial charge in [-0.2, -0.15) is 0 Å². The molecule has 0 amide bonds. The van der Waals surface area contributed by atoms with Crippen LogP contribution in [-0.4, -0.2) is 142 Å². The lowest BCUT2D eigenvalue weighted by Gasteiger charge is -2.35. The second-order valence-electron chi connectivity index (χ2n) is 19.2. The van der Waals surface area contributed by atoms with E-state index in [0.717, 1.165) is 77.5 Å². The third-order valence-corrected chi connectivity index (χ3v) is 13.7. The number of β-amino-alcohol motifs (C(OH)–C–C–N with tert-alkyl or cyclic N) is 1. The molecule has 0 spiro atoms. The molecular weight excluding hydrogens is 925 g/mol. The molecule has 3 aromatic rings. The molecule has 9 atom stereocenters. The van der Waals surface area contributed by atoms with E-state index in [4.69, 9.17) is 0 Å². The minimum Gasteiger partial charge on any atom is -0.392 e. The fraction of sp³-hybridized carbons (Fsp3) is 0.731. The fourth-order valence-electron chi connectivity index (χ4n) is 7.39. The minimum atomic E-state index is -0.207. The van der Waals surface area contributed by atoms with E-state index in [-0.39, 0.29) is 30.0 Å². The Balaban J connectivity index is -0.000000199. The number of benzene rings is 3. The maximum atomic E-state index is 9.71. The number of aryl methyl sites for hydroxylation is 1. The van der Waals surface area contributed by atoms with Crippen LogP contribution in [-0.2, 0) is 12.8 Å². The first-order valence-electron chi connectivity index (χ1n) is 30.5. The molecule has 444 valence electrons. The molecule has 1 fully saturated rings. The summed E-state index contributed by atoms with van der Waals surface area (Å²) in [6, 6.07) is 33.5. The Labute approximate surface area is 470 Å². The number of rotatable bonds is 24. The number of likely N-dealkylation sites (N-methyl/N-ethyl adjacent to an activating group) is 4. The second kappa shape index (κ2) is 56.1. The van der Waals surface area contributed by atoms with Gasteiger partial charge >= 0.3 is 0 Å². The summed E-state index contributed by atoms with van der Waals surface area (Å²) in [7, 11) is 8.38. The summed E-state index contributed by atoms with van der Waals surface area (Å²) >= 11 is 0. The Morgan fingerprint density at radius 1 is 0.493 bits per heavy atom. The molecule has 3 aromatic carbocycles. The highest BCUT2D eigenvalue weighted by atomic mass is 16.3. The van der Waals surface area contributed by atoms with Crippen molar-refractivity contribution < 1.29 is 20.4 Å². The van der Waals surface area contributed by atoms with Crippen LogP contribution >= 0.6 is 0 Å². The van der Waals surface area contributed by atoms with Crippen molar-refractivity contribution in [1.29, 1.82) is 0 Å². The number of hydrogen-bond acceptors (Lipinski definition) is 8. The van der Waals surface area contributed by atoms with Gasteiger partial charge in [-0.3, -0.25) is 4.90 Å². The van der Waals surface area contributed by atoms with E-state index in [0.29, 0.717) is 30.0 Å². The van der Waals surface area contributed by atoms with Crippen LogP contribution in [0, 0.1) is 5.92 Å². The molecule has 0 aliphatic heterocycles. The lowest BCUT2D eigenvalue weighted by atomic mass is 9.94. The van der Waals surface area contributed by atoms with Crippen LogP contribution in [0.1, 0.15) is 220 Å². The van der Waals surface area contributed by atoms with Crippen molar-refractivity contribution in [1.82, 2.24) is 19.6 Å². The first-order chi connectivity index (χ1) is 35.8. The van der Waals surface area contributed by atoms with Crippen molar-refractivity contribution in [3.63, 3.8) is 0 Å². The molecule has 0 aromatic heterocycles. The minimum absolute atomic E-state index is 0.179. The highest BCUT2D eigenvalue weighted by molar-refractivity contribution is 5.27. The van der Waals surface area contributed by atoms with E-state index in [1.165, 1.54) is 23.1 Å². The van der Waals surface area contributed by atoms with Crippen molar-refractivity contribution >= 4 is 0 Å². The van der Waals surface area contributed by atoms with Gasteiger partial charge in [-0.1, -0.05) is 216 Å². The van der Waals surface area contributed by atoms with Crippen LogP contribution in [0.25, 0.3) is 0 Å². The maximum Gasteiger partial charge on any atom is 0.0664 e. The summed E-state index contributed by atoms with van der Waals surface area (Å²) in [6.45, 7) is 48.5. The molecule has 8 heteroatoms. The zero-order chi connectivity index (χ0) is 59.5. The van der Waals surface area contributed by atoms with E-state index < -0.39 is 0 Å². The molecule has 1 aliphatic rings. The van der Waals surface area contributed by atoms with Gasteiger partial charge < -0.3 is 35.1 Å². The molecular formula is C67H132N4O4. The predicted molar refractivity (Wildman–Crippen MR) is 339 cm³/mol. The van der Waals surface area contributed by atoms with Crippen LogP contribution in [0.15, 0.2) is 91.0 Å². The summed E-state index contributed by atoms with van der Waals surface area (Å²) in [5.41, 5.74) is 4.42. The summed E-state index contributed by atoms with van der Waals surface area (Å²) in [6.07, 6.45) is 8.25. The van der Waals surface area contributed by atoms with Gasteiger partial charge in [0.1, 0.15) is 0 Å². The highest BCUT2D eigenvalue weighted by Gasteiger charge is 2.41. The van der Waals surface area contributed by atoms with Crippen LogP contribution in [0.4, 0.5) is 0 Å². The lowest BCUT2D eigenvalue weighted by Crippen LogP contribution is -2.44. The van der Waals surface area contributed by atoms with Gasteiger partial charge in [0.15, 0.2) is 0 Å². The quantitative estimate of drug-likeness (QED) is 0.0705. The van der Waals surface area contributed by atoms with E-state index in [9.17, 15) is 20.4 Å². The predicted octanol–water partition coefficient (Wildman–Crippen LogP) is 15.9. The average Bonchev–Trinajstić information content (AvgIpc) is 4.28. The van der Waals surface area contributed by atoms with E-state index in [1.807, 2.05) is 111 Å². The Hall–Kier alpha value is -2.66. The van der Waals surface area contributed by atoms with Crippen molar-refractivity contribution in [2.75, 3.05) is 54.4 Å². The first-order valence-corrected chi connectivity index (χ1v) is 30.5. The average molecular weight is 1060 g/mol. The van der Waals surface area contributed by atoms with Crippen LogP contribution in [0.2, 0.25) is 0 Å². The second-order valence-corrected chi connectivity index (χ2v) is 19.2. The van der Waals surface area contributed by atoms with Crippen LogP contribution in [0.5, 0.6) is 0 Å². The third kappa shape index (κ3) is 43.0. The Bertz CT molecular complexity index is 1520. The Morgan fingerprint density at radius 2 is 0.853 bits per heavy atom. The molecule has 9 unspecified atom stereocenters. The molecule has 1 saturated carbocycles. The summed E-state index contributed by atoms with van der Waals surface area (Å²) < 4.78 is 0. The molecule has 8 nitrogen and oxygen atoms in total. The maximum absolute atomic E-state index is 9.71. The molecule has 0 saturated heterocycles. The van der Waals surface area contributed by atoms with E-state index >= 15 is 0 Å². The molecule has 0 heterocycles. The van der Waals surface area contributed by atoms with Gasteiger partial charge in [-0.05, 0) is 136 Å². The summed E-state index contributed by atoms with van der Waals surface area (Å²) in [5.74, 6) is 1.26. The highest BCUT2D eigenvalue weighted by Crippen LogP contribution is 2.44. The molecule has 75 heavy (non-hydrogen) atoms. The Morgan fingerprint density at radius 3 is 1.25 bits per heavy atom. The molecule has 0 radical (unpaired) electrons. The lowest BCUT2D eigenvalue weighted by molar-refractivity contribution is 0.0669. The first kappa shape index (κ1) is 83.7. The van der Waals surface area contributed by atoms with Crippen molar-refractivity contribution in [3.8, 4) is 0 Å². The smallest absolute Gasteiger partial charge is 0.0664 e. The number of aliphatic hydroxyl groups excluding tert-OH is 4. The topological polar surface area (TPSA) is 93.9 Å². The van der Waals surface area contributed by atoms with Gasteiger partial charge in [0.25, 0.3) is 0 Å². The van der Waals surface area contributed by atoms with Gasteiger partial charge in [-0.25, -0.2) is 0 Å². The van der Waals surface area contributed by atoms with E-state index in [2.05, 4.69) is 180 Å². The molecule has 4 rings (SSSR count). The summed E-state index contributed by atoms with van der Waals surface area (Å²) in [5, 5.41) is 38.4. The van der Waals surface area contributed by atoms with Gasteiger partial charge in [0, 0.05) is 55.8 Å². The normalized spacial score (nSPS) is 15.8.